The first-order chi connectivity index (χ1) is 6.20. The van der Waals surface area contributed by atoms with Crippen molar-refractivity contribution in [2.24, 2.45) is 0 Å². The van der Waals surface area contributed by atoms with Gasteiger partial charge in [-0.05, 0) is 5.56 Å². The van der Waals surface area contributed by atoms with Gasteiger partial charge in [-0.2, -0.15) is 0 Å². The van der Waals surface area contributed by atoms with E-state index in [4.69, 9.17) is 0 Å². The summed E-state index contributed by atoms with van der Waals surface area (Å²) in [4.78, 5) is 11.8. The van der Waals surface area contributed by atoms with E-state index >= 15 is 0 Å². The van der Waals surface area contributed by atoms with Gasteiger partial charge >= 0.3 is 0 Å². The highest BCUT2D eigenvalue weighted by Gasteiger charge is 2.36. The molecule has 2 rings (SSSR count). The van der Waals surface area contributed by atoms with Crippen molar-refractivity contribution in [3.8, 4) is 0 Å². The Morgan fingerprint density at radius 3 is 2.62 bits per heavy atom. The molecule has 0 amide bonds. The summed E-state index contributed by atoms with van der Waals surface area (Å²) in [5.41, 5.74) is 2.05. The van der Waals surface area contributed by atoms with E-state index in [9.17, 15) is 4.79 Å². The average Bonchev–Trinajstić information content (AvgIpc) is 2.45. The highest BCUT2D eigenvalue weighted by molar-refractivity contribution is 6.03. The summed E-state index contributed by atoms with van der Waals surface area (Å²) in [6.07, 6.45) is 0.796. The van der Waals surface area contributed by atoms with Crippen molar-refractivity contribution in [2.45, 2.75) is 12.5 Å². The molecule has 0 radical (unpaired) electrons. The molecule has 13 heavy (non-hydrogen) atoms. The quantitative estimate of drug-likeness (QED) is 0.596. The predicted octanol–water partition coefficient (Wildman–Crippen LogP) is 1.61. The van der Waals surface area contributed by atoms with Gasteiger partial charge in [0.25, 0.3) is 0 Å². The number of benzene rings is 1. The van der Waals surface area contributed by atoms with Crippen LogP contribution in [0.4, 0.5) is 0 Å². The Kier molecular flexibility index (Phi) is 1.93. The van der Waals surface area contributed by atoms with E-state index in [-0.39, 0.29) is 11.9 Å². The minimum Gasteiger partial charge on any atom is -0.418 e. The van der Waals surface area contributed by atoms with E-state index in [2.05, 4.69) is 4.37 Å². The van der Waals surface area contributed by atoms with Gasteiger partial charge in [0.05, 0.1) is 6.42 Å². The first kappa shape index (κ1) is 8.45. The molecular formula is C11H13O2+. The van der Waals surface area contributed by atoms with Crippen molar-refractivity contribution in [2.75, 3.05) is 14.2 Å². The number of carbonyl (C=O) groups excluding carboxylic acids is 1. The van der Waals surface area contributed by atoms with E-state index in [1.807, 2.05) is 38.5 Å². The highest BCUT2D eigenvalue weighted by atomic mass is 16.7. The second-order valence-electron chi connectivity index (χ2n) is 3.59. The molecule has 1 aliphatic carbocycles. The Morgan fingerprint density at radius 2 is 2.00 bits per heavy atom. The largest absolute Gasteiger partial charge is 0.418 e. The number of Topliss-reactive ketones (excluding diaryl/α,β-unsaturated/α-hetero) is 1. The summed E-state index contributed by atoms with van der Waals surface area (Å²) in [6, 6.07) is 7.83. The number of carbonyl (C=O) groups is 1. The number of fused-ring (bicyclic) bond motifs is 1. The Labute approximate surface area is 77.8 Å². The van der Waals surface area contributed by atoms with Gasteiger partial charge in [0.2, 0.25) is 11.9 Å². The van der Waals surface area contributed by atoms with Gasteiger partial charge in [-0.15, -0.1) is 0 Å². The monoisotopic (exact) mass is 177 g/mol. The van der Waals surface area contributed by atoms with Crippen LogP contribution in [0.5, 0.6) is 0 Å². The minimum atomic E-state index is -0.0302. The second-order valence-corrected chi connectivity index (χ2v) is 3.59. The zero-order valence-electron chi connectivity index (χ0n) is 7.91. The van der Waals surface area contributed by atoms with Crippen molar-refractivity contribution >= 4 is 5.78 Å². The van der Waals surface area contributed by atoms with Gasteiger partial charge in [0.15, 0.2) is 0 Å². The van der Waals surface area contributed by atoms with Crippen LogP contribution in [0.3, 0.4) is 0 Å². The maximum atomic E-state index is 11.8. The lowest BCUT2D eigenvalue weighted by atomic mass is 10.1. The molecule has 0 aliphatic heterocycles. The highest BCUT2D eigenvalue weighted by Crippen LogP contribution is 2.25. The summed E-state index contributed by atoms with van der Waals surface area (Å²) >= 11 is 0. The van der Waals surface area contributed by atoms with Gasteiger partial charge in [-0.1, -0.05) is 24.3 Å². The summed E-state index contributed by atoms with van der Waals surface area (Å²) < 4.78 is 2.75. The molecule has 0 saturated heterocycles. The Balaban J connectivity index is 2.38. The molecular weight excluding hydrogens is 164 g/mol. The van der Waals surface area contributed by atoms with Crippen LogP contribution in [0.25, 0.3) is 0 Å². The Bertz CT molecular complexity index is 342. The molecule has 0 bridgehead atoms. The molecule has 1 unspecified atom stereocenters. The lowest BCUT2D eigenvalue weighted by Crippen LogP contribution is -2.26. The van der Waals surface area contributed by atoms with Crippen molar-refractivity contribution in [1.82, 2.24) is 0 Å². The molecule has 2 heteroatoms. The number of hydrogen-bond acceptors (Lipinski definition) is 1. The zero-order chi connectivity index (χ0) is 9.42. The van der Waals surface area contributed by atoms with Crippen LogP contribution >= 0.6 is 0 Å². The maximum absolute atomic E-state index is 11.8. The molecule has 68 valence electrons. The van der Waals surface area contributed by atoms with Gasteiger partial charge in [-0.3, -0.25) is 4.79 Å². The van der Waals surface area contributed by atoms with E-state index in [0.717, 1.165) is 12.0 Å². The fourth-order valence-corrected chi connectivity index (χ4v) is 1.79. The maximum Gasteiger partial charge on any atom is 0.241 e. The lowest BCUT2D eigenvalue weighted by Gasteiger charge is -2.13. The van der Waals surface area contributed by atoms with Crippen LogP contribution in [-0.4, -0.2) is 26.1 Å². The number of rotatable bonds is 1. The molecule has 1 aromatic carbocycles. The smallest absolute Gasteiger partial charge is 0.241 e. The van der Waals surface area contributed by atoms with Gasteiger partial charge in [0.1, 0.15) is 14.2 Å². The van der Waals surface area contributed by atoms with E-state index in [1.165, 1.54) is 5.56 Å². The van der Waals surface area contributed by atoms with Gasteiger partial charge in [0, 0.05) is 5.56 Å². The molecule has 0 N–H and O–H groups in total. The van der Waals surface area contributed by atoms with Gasteiger partial charge < -0.3 is 4.37 Å². The topological polar surface area (TPSA) is 19.8 Å². The van der Waals surface area contributed by atoms with Crippen LogP contribution in [0.2, 0.25) is 0 Å². The molecule has 2 nitrogen and oxygen atoms in total. The van der Waals surface area contributed by atoms with E-state index in [1.54, 1.807) is 0 Å². The van der Waals surface area contributed by atoms with E-state index < -0.39 is 0 Å². The normalized spacial score (nSPS) is 20.8. The fraction of sp³-hybridized carbons (Fsp3) is 0.364. The minimum absolute atomic E-state index is 0.0302. The van der Waals surface area contributed by atoms with Crippen LogP contribution in [0.1, 0.15) is 15.9 Å². The van der Waals surface area contributed by atoms with Crippen molar-refractivity contribution < 1.29 is 9.16 Å². The van der Waals surface area contributed by atoms with Crippen LogP contribution in [-0.2, 0) is 10.8 Å². The first-order valence-electron chi connectivity index (χ1n) is 4.38. The first-order valence-corrected chi connectivity index (χ1v) is 4.38. The van der Waals surface area contributed by atoms with Gasteiger partial charge in [-0.25, -0.2) is 0 Å². The van der Waals surface area contributed by atoms with E-state index in [0.29, 0.717) is 0 Å². The Morgan fingerprint density at radius 1 is 1.31 bits per heavy atom. The third-order valence-corrected chi connectivity index (χ3v) is 2.55. The fourth-order valence-electron chi connectivity index (χ4n) is 1.79. The second kappa shape index (κ2) is 2.96. The molecule has 1 atom stereocenters. The average molecular weight is 177 g/mol. The third-order valence-electron chi connectivity index (χ3n) is 2.55. The predicted molar refractivity (Wildman–Crippen MR) is 51.2 cm³/mol. The summed E-state index contributed by atoms with van der Waals surface area (Å²) in [7, 11) is 3.74. The van der Waals surface area contributed by atoms with Crippen molar-refractivity contribution in [3.63, 3.8) is 0 Å². The third kappa shape index (κ3) is 1.27. The summed E-state index contributed by atoms with van der Waals surface area (Å²) in [5.74, 6) is 0.227. The lowest BCUT2D eigenvalue weighted by molar-refractivity contribution is -0.0941. The van der Waals surface area contributed by atoms with Crippen molar-refractivity contribution in [3.05, 3.63) is 35.4 Å². The molecule has 0 aromatic heterocycles. The molecule has 0 fully saturated rings. The summed E-state index contributed by atoms with van der Waals surface area (Å²) in [6.45, 7) is 0. The Hall–Kier alpha value is -1.15. The number of ketones is 1. The zero-order valence-corrected chi connectivity index (χ0v) is 7.91. The molecule has 1 aliphatic rings. The van der Waals surface area contributed by atoms with Crippen molar-refractivity contribution in [1.29, 1.82) is 0 Å². The van der Waals surface area contributed by atoms with Crippen LogP contribution in [0, 0.1) is 0 Å². The summed E-state index contributed by atoms with van der Waals surface area (Å²) in [5, 5.41) is 0. The molecule has 1 aromatic rings. The number of hydrogen-bond donors (Lipinski definition) is 0. The van der Waals surface area contributed by atoms with Crippen LogP contribution in [0.15, 0.2) is 24.3 Å². The molecule has 0 heterocycles. The molecule has 0 saturated carbocycles. The SMILES string of the molecule is C[O+](C)C1Cc2ccccc2C1=O. The standard InChI is InChI=1S/C11H13O2/c1-13(2)10-7-8-5-3-4-6-9(8)11(10)12/h3-6,10H,7H2,1-2H3/q+1. The molecule has 0 spiro atoms. The van der Waals surface area contributed by atoms with Crippen LogP contribution < -0.4 is 0 Å².